The van der Waals surface area contributed by atoms with E-state index in [9.17, 15) is 4.79 Å². The van der Waals surface area contributed by atoms with Crippen molar-refractivity contribution in [3.05, 3.63) is 61.6 Å². The number of hydrogen-bond donors (Lipinski definition) is 0. The molecule has 0 N–H and O–H groups in total. The standard InChI is InChI=1S/C23H26Cl3NO4/c1-14-9-18(15(2)8-17(14)12-27-4-6-29-7-5-27)13-30-23(28)16(3)31-22-11-20(25)19(24)10-21(22)26/h8-11,16H,4-7,12-13H2,1-3H3. The van der Waals surface area contributed by atoms with E-state index < -0.39 is 12.1 Å². The molecule has 0 radical (unpaired) electrons. The Labute approximate surface area is 198 Å². The zero-order chi connectivity index (χ0) is 22.5. The van der Waals surface area contributed by atoms with E-state index in [4.69, 9.17) is 49.0 Å². The van der Waals surface area contributed by atoms with Crippen molar-refractivity contribution in [1.29, 1.82) is 0 Å². The van der Waals surface area contributed by atoms with E-state index in [1.807, 2.05) is 6.92 Å². The zero-order valence-corrected chi connectivity index (χ0v) is 20.1. The number of morpholine rings is 1. The minimum atomic E-state index is -0.850. The maximum absolute atomic E-state index is 12.4. The highest BCUT2D eigenvalue weighted by Crippen LogP contribution is 2.34. The molecule has 0 amide bonds. The first kappa shape index (κ1) is 24.1. The average Bonchev–Trinajstić information content (AvgIpc) is 2.73. The Morgan fingerprint density at radius 1 is 1.00 bits per heavy atom. The lowest BCUT2D eigenvalue weighted by atomic mass is 10.00. The minimum Gasteiger partial charge on any atom is -0.477 e. The Balaban J connectivity index is 1.59. The van der Waals surface area contributed by atoms with Gasteiger partial charge in [0.2, 0.25) is 0 Å². The molecule has 0 spiro atoms. The topological polar surface area (TPSA) is 48.0 Å². The summed E-state index contributed by atoms with van der Waals surface area (Å²) in [7, 11) is 0. The van der Waals surface area contributed by atoms with Crippen LogP contribution in [0, 0.1) is 13.8 Å². The fourth-order valence-electron chi connectivity index (χ4n) is 3.36. The van der Waals surface area contributed by atoms with E-state index in [0.29, 0.717) is 10.0 Å². The summed E-state index contributed by atoms with van der Waals surface area (Å²) in [6.07, 6.45) is -0.850. The fraction of sp³-hybridized carbons (Fsp3) is 0.435. The van der Waals surface area contributed by atoms with E-state index in [1.165, 1.54) is 23.3 Å². The van der Waals surface area contributed by atoms with Crippen molar-refractivity contribution in [2.75, 3.05) is 26.3 Å². The van der Waals surface area contributed by atoms with Gasteiger partial charge in [-0.3, -0.25) is 4.90 Å². The minimum absolute atomic E-state index is 0.173. The van der Waals surface area contributed by atoms with Gasteiger partial charge in [0.25, 0.3) is 0 Å². The molecule has 31 heavy (non-hydrogen) atoms. The molecule has 2 aromatic rings. The third-order valence-corrected chi connectivity index (χ3v) is 6.29. The van der Waals surface area contributed by atoms with Gasteiger partial charge in [0.05, 0.1) is 28.3 Å². The molecule has 1 aliphatic rings. The van der Waals surface area contributed by atoms with Gasteiger partial charge in [-0.1, -0.05) is 46.9 Å². The van der Waals surface area contributed by atoms with Crippen LogP contribution in [0.1, 0.15) is 29.2 Å². The molecular weight excluding hydrogens is 461 g/mol. The number of halogens is 3. The molecule has 0 bridgehead atoms. The Bertz CT molecular complexity index is 945. The van der Waals surface area contributed by atoms with Gasteiger partial charge in [-0.25, -0.2) is 4.79 Å². The second-order valence-corrected chi connectivity index (χ2v) is 8.88. The number of esters is 1. The SMILES string of the molecule is Cc1cc(CN2CCOCC2)c(C)cc1COC(=O)C(C)Oc1cc(Cl)c(Cl)cc1Cl. The smallest absolute Gasteiger partial charge is 0.347 e. The van der Waals surface area contributed by atoms with Crippen molar-refractivity contribution < 1.29 is 19.0 Å². The summed E-state index contributed by atoms with van der Waals surface area (Å²) in [6, 6.07) is 7.21. The number of nitrogens with zero attached hydrogens (tertiary/aromatic N) is 1. The van der Waals surface area contributed by atoms with Gasteiger partial charge in [0.1, 0.15) is 12.4 Å². The molecule has 8 heteroatoms. The highest BCUT2D eigenvalue weighted by atomic mass is 35.5. The van der Waals surface area contributed by atoms with E-state index in [-0.39, 0.29) is 17.4 Å². The Morgan fingerprint density at radius 2 is 1.61 bits per heavy atom. The van der Waals surface area contributed by atoms with Gasteiger partial charge in [-0.15, -0.1) is 0 Å². The van der Waals surface area contributed by atoms with E-state index in [0.717, 1.165) is 44.0 Å². The molecule has 1 unspecified atom stereocenters. The van der Waals surface area contributed by atoms with Crippen molar-refractivity contribution in [3.8, 4) is 5.75 Å². The number of ether oxygens (including phenoxy) is 3. The summed E-state index contributed by atoms with van der Waals surface area (Å²) in [5, 5.41) is 0.887. The second kappa shape index (κ2) is 10.9. The Kier molecular flexibility index (Phi) is 8.48. The summed E-state index contributed by atoms with van der Waals surface area (Å²) in [5.74, 6) is -0.211. The first-order chi connectivity index (χ1) is 14.7. The summed E-state index contributed by atoms with van der Waals surface area (Å²) < 4.78 is 16.5. The molecule has 0 aromatic heterocycles. The van der Waals surface area contributed by atoms with Gasteiger partial charge in [-0.05, 0) is 49.1 Å². The Hall–Kier alpha value is -1.50. The largest absolute Gasteiger partial charge is 0.477 e. The van der Waals surface area contributed by atoms with Crippen molar-refractivity contribution in [2.24, 2.45) is 0 Å². The van der Waals surface area contributed by atoms with Gasteiger partial charge in [0, 0.05) is 25.7 Å². The van der Waals surface area contributed by atoms with Crippen LogP contribution in [-0.4, -0.2) is 43.3 Å². The highest BCUT2D eigenvalue weighted by molar-refractivity contribution is 6.43. The number of benzene rings is 2. The lowest BCUT2D eigenvalue weighted by Gasteiger charge is -2.27. The average molecular weight is 487 g/mol. The molecule has 3 rings (SSSR count). The number of aryl methyl sites for hydroxylation is 2. The predicted octanol–water partition coefficient (Wildman–Crippen LogP) is 5.61. The summed E-state index contributed by atoms with van der Waals surface area (Å²) in [6.45, 7) is 10.2. The monoisotopic (exact) mass is 485 g/mol. The van der Waals surface area contributed by atoms with Crippen LogP contribution in [0.5, 0.6) is 5.75 Å². The lowest BCUT2D eigenvalue weighted by molar-refractivity contribution is -0.152. The summed E-state index contributed by atoms with van der Waals surface area (Å²) in [5.41, 5.74) is 4.51. The van der Waals surface area contributed by atoms with Crippen molar-refractivity contribution in [2.45, 2.75) is 40.0 Å². The van der Waals surface area contributed by atoms with Crippen LogP contribution in [0.4, 0.5) is 0 Å². The molecule has 5 nitrogen and oxygen atoms in total. The maximum atomic E-state index is 12.4. The first-order valence-electron chi connectivity index (χ1n) is 10.1. The fourth-order valence-corrected chi connectivity index (χ4v) is 3.94. The molecule has 0 saturated carbocycles. The van der Waals surface area contributed by atoms with E-state index in [2.05, 4.69) is 24.0 Å². The molecule has 1 fully saturated rings. The number of rotatable bonds is 7. The molecule has 0 aliphatic carbocycles. The molecular formula is C23H26Cl3NO4. The lowest BCUT2D eigenvalue weighted by Crippen LogP contribution is -2.35. The highest BCUT2D eigenvalue weighted by Gasteiger charge is 2.20. The third kappa shape index (κ3) is 6.50. The number of carbonyl (C=O) groups is 1. The molecule has 1 atom stereocenters. The van der Waals surface area contributed by atoms with E-state index in [1.54, 1.807) is 6.92 Å². The second-order valence-electron chi connectivity index (χ2n) is 7.66. The molecule has 2 aromatic carbocycles. The van der Waals surface area contributed by atoms with Gasteiger partial charge < -0.3 is 14.2 Å². The van der Waals surface area contributed by atoms with Gasteiger partial charge in [-0.2, -0.15) is 0 Å². The van der Waals surface area contributed by atoms with Crippen LogP contribution in [0.15, 0.2) is 24.3 Å². The van der Waals surface area contributed by atoms with Crippen LogP contribution in [-0.2, 0) is 27.4 Å². The van der Waals surface area contributed by atoms with Crippen molar-refractivity contribution >= 4 is 40.8 Å². The zero-order valence-electron chi connectivity index (χ0n) is 17.8. The molecule has 1 heterocycles. The van der Waals surface area contributed by atoms with Crippen molar-refractivity contribution in [1.82, 2.24) is 4.90 Å². The van der Waals surface area contributed by atoms with Crippen LogP contribution < -0.4 is 4.74 Å². The summed E-state index contributed by atoms with van der Waals surface area (Å²) >= 11 is 18.0. The van der Waals surface area contributed by atoms with E-state index >= 15 is 0 Å². The Morgan fingerprint density at radius 3 is 2.32 bits per heavy atom. The molecule has 168 valence electrons. The number of carbonyl (C=O) groups excluding carboxylic acids is 1. The maximum Gasteiger partial charge on any atom is 0.347 e. The quantitative estimate of drug-likeness (QED) is 0.376. The van der Waals surface area contributed by atoms with Crippen LogP contribution >= 0.6 is 34.8 Å². The van der Waals surface area contributed by atoms with Crippen molar-refractivity contribution in [3.63, 3.8) is 0 Å². The third-order valence-electron chi connectivity index (χ3n) is 5.27. The normalized spacial score (nSPS) is 15.5. The molecule has 1 aliphatic heterocycles. The van der Waals surface area contributed by atoms with Crippen LogP contribution in [0.3, 0.4) is 0 Å². The van der Waals surface area contributed by atoms with Crippen LogP contribution in [0.25, 0.3) is 0 Å². The predicted molar refractivity (Wildman–Crippen MR) is 123 cm³/mol. The number of hydrogen-bond acceptors (Lipinski definition) is 5. The van der Waals surface area contributed by atoms with Gasteiger partial charge in [0.15, 0.2) is 6.10 Å². The summed E-state index contributed by atoms with van der Waals surface area (Å²) in [4.78, 5) is 14.8. The first-order valence-corrected chi connectivity index (χ1v) is 11.2. The van der Waals surface area contributed by atoms with Gasteiger partial charge >= 0.3 is 5.97 Å². The molecule has 1 saturated heterocycles. The van der Waals surface area contributed by atoms with Crippen LogP contribution in [0.2, 0.25) is 15.1 Å².